The molecule has 4 nitrogen and oxygen atoms in total. The Bertz CT molecular complexity index is 652. The van der Waals surface area contributed by atoms with Crippen LogP contribution < -0.4 is 0 Å². The number of carbonyl (C=O) groups is 1. The van der Waals surface area contributed by atoms with E-state index in [0.29, 0.717) is 0 Å². The first-order valence-corrected chi connectivity index (χ1v) is 8.30. The maximum atomic E-state index is 11.3. The van der Waals surface area contributed by atoms with Crippen molar-refractivity contribution in [1.29, 1.82) is 0 Å². The molecule has 6 heteroatoms. The van der Waals surface area contributed by atoms with Crippen LogP contribution in [0.5, 0.6) is 0 Å². The average molecular weight is 332 g/mol. The Morgan fingerprint density at radius 1 is 1.18 bits per heavy atom. The summed E-state index contributed by atoms with van der Waals surface area (Å²) in [4.78, 5) is 15.1. The van der Waals surface area contributed by atoms with Crippen LogP contribution in [-0.4, -0.2) is 29.9 Å². The lowest BCUT2D eigenvalue weighted by atomic mass is 10.3. The number of ketones is 1. The Balaban J connectivity index is 0.000000162. The molecule has 0 radical (unpaired) electrons. The summed E-state index contributed by atoms with van der Waals surface area (Å²) in [5.41, 5.74) is 0. The van der Waals surface area contributed by atoms with Gasteiger partial charge in [0.25, 0.3) is 0 Å². The fourth-order valence-electron chi connectivity index (χ4n) is 1.48. The number of hydrogen-bond donors (Lipinski definition) is 0. The van der Waals surface area contributed by atoms with E-state index in [4.69, 9.17) is 4.52 Å². The van der Waals surface area contributed by atoms with E-state index in [-0.39, 0.29) is 5.78 Å². The second kappa shape index (κ2) is 8.31. The van der Waals surface area contributed by atoms with Crippen molar-refractivity contribution in [3.8, 4) is 10.6 Å². The molecule has 3 aromatic rings. The quantitative estimate of drug-likeness (QED) is 0.524. The summed E-state index contributed by atoms with van der Waals surface area (Å²) in [6, 6.07) is 9.55. The third-order valence-electron chi connectivity index (χ3n) is 2.49. The lowest BCUT2D eigenvalue weighted by Gasteiger charge is -2.01. The number of allylic oxidation sites excluding steroid dienone is 1. The van der Waals surface area contributed by atoms with Crippen LogP contribution in [0.1, 0.15) is 9.67 Å². The highest BCUT2D eigenvalue weighted by atomic mass is 32.1. The van der Waals surface area contributed by atoms with Crippen molar-refractivity contribution in [3.63, 3.8) is 0 Å². The van der Waals surface area contributed by atoms with Gasteiger partial charge in [-0.1, -0.05) is 17.3 Å². The van der Waals surface area contributed by atoms with Crippen LogP contribution in [0.25, 0.3) is 10.6 Å². The van der Waals surface area contributed by atoms with Crippen LogP contribution in [0.2, 0.25) is 0 Å². The van der Waals surface area contributed by atoms with Gasteiger partial charge in [-0.05, 0) is 22.9 Å². The molecule has 0 N–H and O–H groups in total. The summed E-state index contributed by atoms with van der Waals surface area (Å²) in [5.74, 6) is 0.911. The van der Waals surface area contributed by atoms with E-state index in [0.717, 1.165) is 15.5 Å². The van der Waals surface area contributed by atoms with Crippen molar-refractivity contribution in [1.82, 2.24) is 10.1 Å². The van der Waals surface area contributed by atoms with Crippen LogP contribution >= 0.6 is 22.7 Å². The first-order chi connectivity index (χ1) is 10.7. The molecule has 0 bridgehead atoms. The first-order valence-electron chi connectivity index (χ1n) is 6.54. The fraction of sp³-hybridized carbons (Fsp3) is 0.125. The van der Waals surface area contributed by atoms with Gasteiger partial charge in [-0.2, -0.15) is 0 Å². The van der Waals surface area contributed by atoms with E-state index in [9.17, 15) is 4.79 Å². The number of carbonyl (C=O) groups excluding carboxylic acids is 1. The Kier molecular flexibility index (Phi) is 6.12. The normalized spacial score (nSPS) is 10.3. The second-order valence-corrected chi connectivity index (χ2v) is 6.37. The first kappa shape index (κ1) is 16.2. The summed E-state index contributed by atoms with van der Waals surface area (Å²) in [6.07, 6.45) is 4.98. The number of nitrogens with zero attached hydrogens (tertiary/aromatic N) is 2. The molecule has 0 aliphatic carbocycles. The molecule has 3 aromatic heterocycles. The summed E-state index contributed by atoms with van der Waals surface area (Å²) < 4.78 is 4.94. The second-order valence-electron chi connectivity index (χ2n) is 4.47. The molecule has 0 atom stereocenters. The minimum Gasteiger partial charge on any atom is -0.383 e. The van der Waals surface area contributed by atoms with E-state index in [1.807, 2.05) is 60.1 Å². The Morgan fingerprint density at radius 3 is 2.50 bits per heavy atom. The average Bonchev–Trinajstić information content (AvgIpc) is 3.28. The van der Waals surface area contributed by atoms with Gasteiger partial charge < -0.3 is 9.42 Å². The number of thiophene rings is 2. The van der Waals surface area contributed by atoms with Gasteiger partial charge in [-0.15, -0.1) is 22.7 Å². The molecular formula is C16H16N2O2S2. The molecule has 0 spiro atoms. The molecular weight excluding hydrogens is 316 g/mol. The molecule has 0 amide bonds. The highest BCUT2D eigenvalue weighted by Gasteiger charge is 2.01. The largest absolute Gasteiger partial charge is 0.383 e. The summed E-state index contributed by atoms with van der Waals surface area (Å²) in [6.45, 7) is 0. The molecule has 0 saturated carbocycles. The van der Waals surface area contributed by atoms with Gasteiger partial charge in [-0.3, -0.25) is 4.79 Å². The SMILES string of the molecule is CN(C)/C=C/C(=O)c1cccs1.c1csc(-c2ccno2)c1. The van der Waals surface area contributed by atoms with Crippen LogP contribution in [-0.2, 0) is 0 Å². The van der Waals surface area contributed by atoms with Gasteiger partial charge >= 0.3 is 0 Å². The highest BCUT2D eigenvalue weighted by Crippen LogP contribution is 2.23. The molecule has 0 unspecified atom stereocenters. The maximum Gasteiger partial charge on any atom is 0.197 e. The molecule has 22 heavy (non-hydrogen) atoms. The van der Waals surface area contributed by atoms with E-state index in [1.165, 1.54) is 11.3 Å². The highest BCUT2D eigenvalue weighted by molar-refractivity contribution is 7.13. The molecule has 114 valence electrons. The Morgan fingerprint density at radius 2 is 1.95 bits per heavy atom. The predicted molar refractivity (Wildman–Crippen MR) is 91.3 cm³/mol. The molecule has 3 heterocycles. The Hall–Kier alpha value is -2.18. The van der Waals surface area contributed by atoms with Crippen molar-refractivity contribution in [3.05, 3.63) is 64.4 Å². The zero-order chi connectivity index (χ0) is 15.8. The van der Waals surface area contributed by atoms with Crippen LogP contribution in [0.3, 0.4) is 0 Å². The minimum atomic E-state index is 0.0682. The lowest BCUT2D eigenvalue weighted by Crippen LogP contribution is -2.02. The van der Waals surface area contributed by atoms with Gasteiger partial charge in [0, 0.05) is 32.4 Å². The number of hydrogen-bond acceptors (Lipinski definition) is 6. The molecule has 0 aliphatic heterocycles. The van der Waals surface area contributed by atoms with Crippen LogP contribution in [0, 0.1) is 0 Å². The molecule has 0 fully saturated rings. The van der Waals surface area contributed by atoms with E-state index < -0.39 is 0 Å². The van der Waals surface area contributed by atoms with Crippen molar-refractivity contribution >= 4 is 28.5 Å². The van der Waals surface area contributed by atoms with E-state index in [2.05, 4.69) is 5.16 Å². The Labute approximate surface area is 137 Å². The smallest absolute Gasteiger partial charge is 0.197 e. The van der Waals surface area contributed by atoms with Crippen LogP contribution in [0.15, 0.2) is 64.1 Å². The fourth-order valence-corrected chi connectivity index (χ4v) is 2.81. The zero-order valence-electron chi connectivity index (χ0n) is 12.3. The standard InChI is InChI=1S/C9H11NOS.C7H5NOS/c1-10(2)6-5-8(11)9-4-3-7-12-9;1-2-7(10-5-1)6-3-4-8-9-6/h3-7H,1-2H3;1-5H/b6-5+;. The maximum absolute atomic E-state index is 11.3. The number of aromatic nitrogens is 1. The van der Waals surface area contributed by atoms with Crippen LogP contribution in [0.4, 0.5) is 0 Å². The monoisotopic (exact) mass is 332 g/mol. The summed E-state index contributed by atoms with van der Waals surface area (Å²) in [5, 5.41) is 7.52. The topological polar surface area (TPSA) is 46.3 Å². The third-order valence-corrected chi connectivity index (χ3v) is 4.26. The van der Waals surface area contributed by atoms with Gasteiger partial charge in [0.1, 0.15) is 0 Å². The third kappa shape index (κ3) is 4.98. The number of rotatable bonds is 4. The zero-order valence-corrected chi connectivity index (χ0v) is 13.9. The van der Waals surface area contributed by atoms with Gasteiger partial charge in [0.2, 0.25) is 0 Å². The lowest BCUT2D eigenvalue weighted by molar-refractivity contribution is 0.104. The van der Waals surface area contributed by atoms with E-state index >= 15 is 0 Å². The van der Waals surface area contributed by atoms with Crippen molar-refractivity contribution < 1.29 is 9.32 Å². The van der Waals surface area contributed by atoms with Gasteiger partial charge in [0.15, 0.2) is 11.5 Å². The van der Waals surface area contributed by atoms with Crippen molar-refractivity contribution in [2.24, 2.45) is 0 Å². The van der Waals surface area contributed by atoms with E-state index in [1.54, 1.807) is 29.8 Å². The van der Waals surface area contributed by atoms with Gasteiger partial charge in [-0.25, -0.2) is 0 Å². The molecule has 0 aliphatic rings. The summed E-state index contributed by atoms with van der Waals surface area (Å²) in [7, 11) is 3.77. The predicted octanol–water partition coefficient (Wildman–Crippen LogP) is 4.41. The molecule has 0 saturated heterocycles. The van der Waals surface area contributed by atoms with Crippen molar-refractivity contribution in [2.45, 2.75) is 0 Å². The van der Waals surface area contributed by atoms with Crippen molar-refractivity contribution in [2.75, 3.05) is 14.1 Å². The molecule has 3 rings (SSSR count). The molecule has 0 aromatic carbocycles. The van der Waals surface area contributed by atoms with Gasteiger partial charge in [0.05, 0.1) is 16.0 Å². The summed E-state index contributed by atoms with van der Waals surface area (Å²) >= 11 is 3.11. The minimum absolute atomic E-state index is 0.0682.